The number of fused-ring (bicyclic) bond motifs is 1. The highest BCUT2D eigenvalue weighted by Crippen LogP contribution is 2.20. The maximum atomic E-state index is 10.8. The van der Waals surface area contributed by atoms with Gasteiger partial charge in [-0.1, -0.05) is 18.2 Å². The molecule has 1 aromatic carbocycles. The average Bonchev–Trinajstić information content (AvgIpc) is 2.28. The highest BCUT2D eigenvalue weighted by Gasteiger charge is 2.14. The lowest BCUT2D eigenvalue weighted by molar-refractivity contribution is -0.136. The van der Waals surface area contributed by atoms with Crippen LogP contribution in [0.1, 0.15) is 11.3 Å². The van der Waals surface area contributed by atoms with E-state index < -0.39 is 11.2 Å². The molecule has 0 aliphatic heterocycles. The number of aromatic nitrogens is 1. The van der Waals surface area contributed by atoms with E-state index >= 15 is 0 Å². The molecule has 0 fully saturated rings. The molecule has 17 heavy (non-hydrogen) atoms. The van der Waals surface area contributed by atoms with E-state index in [2.05, 4.69) is 17.6 Å². The molecule has 1 unspecified atom stereocenters. The maximum Gasteiger partial charge on any atom is 0.316 e. The Morgan fingerprint density at radius 3 is 2.88 bits per heavy atom. The van der Waals surface area contributed by atoms with Crippen molar-refractivity contribution in [2.24, 2.45) is 0 Å². The van der Waals surface area contributed by atoms with Crippen molar-refractivity contribution in [3.05, 3.63) is 41.6 Å². The molecular weight excluding hydrogens is 234 g/mol. The normalized spacial score (nSPS) is 12.6. The quantitative estimate of drug-likeness (QED) is 0.819. The van der Waals surface area contributed by atoms with Gasteiger partial charge in [0.05, 0.1) is 5.52 Å². The average molecular weight is 247 g/mol. The van der Waals surface area contributed by atoms with Crippen LogP contribution in [0, 0.1) is 6.92 Å². The lowest BCUT2D eigenvalue weighted by atomic mass is 10.0. The Morgan fingerprint density at radius 2 is 2.18 bits per heavy atom. The van der Waals surface area contributed by atoms with E-state index in [1.54, 1.807) is 0 Å². The van der Waals surface area contributed by atoms with Gasteiger partial charge < -0.3 is 5.11 Å². The Balaban J connectivity index is 2.49. The van der Waals surface area contributed by atoms with Gasteiger partial charge in [-0.25, -0.2) is 0 Å². The second-order valence-corrected chi connectivity index (χ2v) is 4.62. The molecule has 0 aliphatic rings. The zero-order valence-electron chi connectivity index (χ0n) is 9.42. The van der Waals surface area contributed by atoms with Gasteiger partial charge in [0.25, 0.3) is 0 Å². The standard InChI is InChI=1S/C13H13NO2S/c1-8-6-9(7-12(17)13(15)16)10-4-2-3-5-11(10)14-8/h2-6,12,17H,7H2,1H3,(H,15,16). The highest BCUT2D eigenvalue weighted by molar-refractivity contribution is 7.81. The number of aliphatic carboxylic acids is 1. The molecule has 1 N–H and O–H groups in total. The van der Waals surface area contributed by atoms with Crippen LogP contribution in [-0.2, 0) is 11.2 Å². The SMILES string of the molecule is Cc1cc(CC(S)C(=O)O)c2ccccc2n1. The minimum Gasteiger partial charge on any atom is -0.480 e. The fourth-order valence-electron chi connectivity index (χ4n) is 1.86. The number of thiol groups is 1. The van der Waals surface area contributed by atoms with Crippen LogP contribution >= 0.6 is 12.6 Å². The summed E-state index contributed by atoms with van der Waals surface area (Å²) >= 11 is 4.08. The third-order valence-electron chi connectivity index (χ3n) is 2.63. The van der Waals surface area contributed by atoms with Gasteiger partial charge in [0, 0.05) is 11.1 Å². The number of benzene rings is 1. The molecule has 0 saturated heterocycles. The largest absolute Gasteiger partial charge is 0.480 e. The van der Waals surface area contributed by atoms with Crippen LogP contribution in [0.2, 0.25) is 0 Å². The lowest BCUT2D eigenvalue weighted by Gasteiger charge is -2.10. The summed E-state index contributed by atoms with van der Waals surface area (Å²) in [6.07, 6.45) is 0.405. The Kier molecular flexibility index (Phi) is 3.33. The Morgan fingerprint density at radius 1 is 1.47 bits per heavy atom. The fraction of sp³-hybridized carbons (Fsp3) is 0.231. The molecule has 88 valence electrons. The molecule has 2 aromatic rings. The molecule has 0 saturated carbocycles. The van der Waals surface area contributed by atoms with E-state index in [0.29, 0.717) is 6.42 Å². The number of aryl methyl sites for hydroxylation is 1. The summed E-state index contributed by atoms with van der Waals surface area (Å²) in [5.41, 5.74) is 2.77. The van der Waals surface area contributed by atoms with Crippen LogP contribution in [0.3, 0.4) is 0 Å². The number of rotatable bonds is 3. The van der Waals surface area contributed by atoms with Crippen LogP contribution in [0.4, 0.5) is 0 Å². The van der Waals surface area contributed by atoms with Crippen LogP contribution < -0.4 is 0 Å². The summed E-state index contributed by atoms with van der Waals surface area (Å²) in [6, 6.07) is 9.67. The molecule has 0 bridgehead atoms. The summed E-state index contributed by atoms with van der Waals surface area (Å²) < 4.78 is 0. The van der Waals surface area contributed by atoms with Gasteiger partial charge in [0.1, 0.15) is 5.25 Å². The molecule has 0 spiro atoms. The third kappa shape index (κ3) is 2.58. The van der Waals surface area contributed by atoms with Crippen LogP contribution in [0.25, 0.3) is 10.9 Å². The number of carboxylic acid groups (broad SMARTS) is 1. The fourth-order valence-corrected chi connectivity index (χ4v) is 2.06. The summed E-state index contributed by atoms with van der Waals surface area (Å²) in [5, 5.41) is 9.21. The summed E-state index contributed by atoms with van der Waals surface area (Å²) in [4.78, 5) is 15.2. The first-order valence-electron chi connectivity index (χ1n) is 5.34. The summed E-state index contributed by atoms with van der Waals surface area (Å²) in [6.45, 7) is 1.91. The van der Waals surface area contributed by atoms with Crippen LogP contribution in [0.5, 0.6) is 0 Å². The van der Waals surface area contributed by atoms with E-state index in [-0.39, 0.29) is 0 Å². The molecule has 0 amide bonds. The molecule has 2 rings (SSSR count). The molecule has 3 nitrogen and oxygen atoms in total. The monoisotopic (exact) mass is 247 g/mol. The second kappa shape index (κ2) is 4.75. The van der Waals surface area contributed by atoms with Gasteiger partial charge in [0.2, 0.25) is 0 Å². The van der Waals surface area contributed by atoms with E-state index in [9.17, 15) is 4.79 Å². The second-order valence-electron chi connectivity index (χ2n) is 4.00. The van der Waals surface area contributed by atoms with Gasteiger partial charge in [-0.15, -0.1) is 0 Å². The highest BCUT2D eigenvalue weighted by atomic mass is 32.1. The number of pyridine rings is 1. The minimum absolute atomic E-state index is 0.405. The van der Waals surface area contributed by atoms with Gasteiger partial charge in [-0.3, -0.25) is 9.78 Å². The Labute approximate surface area is 105 Å². The maximum absolute atomic E-state index is 10.8. The Hall–Kier alpha value is -1.55. The van der Waals surface area contributed by atoms with E-state index in [0.717, 1.165) is 22.2 Å². The first-order valence-corrected chi connectivity index (χ1v) is 5.85. The lowest BCUT2D eigenvalue weighted by Crippen LogP contribution is -2.16. The first kappa shape index (κ1) is 11.9. The topological polar surface area (TPSA) is 50.2 Å². The molecule has 0 radical (unpaired) electrons. The Bertz CT molecular complexity index is 568. The van der Waals surface area contributed by atoms with Gasteiger partial charge in [-0.2, -0.15) is 12.6 Å². The smallest absolute Gasteiger partial charge is 0.316 e. The van der Waals surface area contributed by atoms with Crippen LogP contribution in [0.15, 0.2) is 30.3 Å². The first-order chi connectivity index (χ1) is 8.08. The number of carboxylic acids is 1. The van der Waals surface area contributed by atoms with Gasteiger partial charge >= 0.3 is 5.97 Å². The number of hydrogen-bond donors (Lipinski definition) is 2. The van der Waals surface area contributed by atoms with Crippen LogP contribution in [-0.4, -0.2) is 21.3 Å². The van der Waals surface area contributed by atoms with E-state index in [4.69, 9.17) is 5.11 Å². The molecule has 1 aromatic heterocycles. The van der Waals surface area contributed by atoms with E-state index in [1.807, 2.05) is 37.3 Å². The number of hydrogen-bond acceptors (Lipinski definition) is 3. The van der Waals surface area contributed by atoms with Gasteiger partial charge in [-0.05, 0) is 31.0 Å². The predicted molar refractivity (Wildman–Crippen MR) is 70.6 cm³/mol. The van der Waals surface area contributed by atoms with Crippen molar-refractivity contribution in [1.82, 2.24) is 4.98 Å². The number of nitrogens with zero attached hydrogens (tertiary/aromatic N) is 1. The predicted octanol–water partition coefficient (Wildman–Crippen LogP) is 2.47. The van der Waals surface area contributed by atoms with E-state index in [1.165, 1.54) is 0 Å². The molecular formula is C13H13NO2S. The molecule has 1 atom stereocenters. The molecule has 4 heteroatoms. The zero-order chi connectivity index (χ0) is 12.4. The molecule has 0 aliphatic carbocycles. The van der Waals surface area contributed by atoms with Crippen molar-refractivity contribution < 1.29 is 9.90 Å². The number of carbonyl (C=O) groups is 1. The van der Waals surface area contributed by atoms with Crippen molar-refractivity contribution >= 4 is 29.5 Å². The van der Waals surface area contributed by atoms with Crippen molar-refractivity contribution in [2.75, 3.05) is 0 Å². The van der Waals surface area contributed by atoms with Crippen molar-refractivity contribution in [3.8, 4) is 0 Å². The summed E-state index contributed by atoms with van der Waals surface area (Å²) in [5.74, 6) is -0.896. The van der Waals surface area contributed by atoms with Crippen molar-refractivity contribution in [3.63, 3.8) is 0 Å². The third-order valence-corrected chi connectivity index (χ3v) is 3.03. The number of para-hydroxylation sites is 1. The minimum atomic E-state index is -0.896. The zero-order valence-corrected chi connectivity index (χ0v) is 10.3. The van der Waals surface area contributed by atoms with Crippen molar-refractivity contribution in [1.29, 1.82) is 0 Å². The summed E-state index contributed by atoms with van der Waals surface area (Å²) in [7, 11) is 0. The van der Waals surface area contributed by atoms with Gasteiger partial charge in [0.15, 0.2) is 0 Å². The van der Waals surface area contributed by atoms with Crippen molar-refractivity contribution in [2.45, 2.75) is 18.6 Å². The molecule has 1 heterocycles.